The lowest BCUT2D eigenvalue weighted by Gasteiger charge is -2.27. The van der Waals surface area contributed by atoms with E-state index in [4.69, 9.17) is 10.00 Å². The maximum absolute atomic E-state index is 8.84. The van der Waals surface area contributed by atoms with Gasteiger partial charge < -0.3 is 15.4 Å². The number of benzene rings is 2. The summed E-state index contributed by atoms with van der Waals surface area (Å²) in [4.78, 5) is 4.47. The quantitative estimate of drug-likeness (QED) is 0.429. The fourth-order valence-electron chi connectivity index (χ4n) is 3.56. The van der Waals surface area contributed by atoms with Gasteiger partial charge in [0.05, 0.1) is 30.1 Å². The average molecular weight is 453 g/mol. The Morgan fingerprint density at radius 1 is 1.09 bits per heavy atom. The summed E-state index contributed by atoms with van der Waals surface area (Å²) in [6.07, 6.45) is 6.56. The Bertz CT molecular complexity index is 1190. The first-order chi connectivity index (χ1) is 16.7. The predicted octanol–water partition coefficient (Wildman–Crippen LogP) is 4.05. The zero-order valence-corrected chi connectivity index (χ0v) is 19.2. The monoisotopic (exact) mass is 452 g/mol. The number of nitriles is 1. The average Bonchev–Trinajstić information content (AvgIpc) is 3.34. The van der Waals surface area contributed by atoms with Gasteiger partial charge in [0, 0.05) is 37.1 Å². The van der Waals surface area contributed by atoms with Gasteiger partial charge in [-0.25, -0.2) is 4.98 Å². The van der Waals surface area contributed by atoms with Gasteiger partial charge in [-0.3, -0.25) is 4.68 Å². The molecule has 34 heavy (non-hydrogen) atoms. The molecule has 1 aliphatic rings. The van der Waals surface area contributed by atoms with Crippen LogP contribution in [0.2, 0.25) is 0 Å². The topological polar surface area (TPSA) is 87.8 Å². The first-order valence-electron chi connectivity index (χ1n) is 11.3. The van der Waals surface area contributed by atoms with E-state index in [2.05, 4.69) is 26.8 Å². The lowest BCUT2D eigenvalue weighted by molar-refractivity contribution is 0.194. The number of ether oxygens (including phenoxy) is 1. The highest BCUT2D eigenvalue weighted by molar-refractivity contribution is 5.69. The highest BCUT2D eigenvalue weighted by Crippen LogP contribution is 2.30. The van der Waals surface area contributed by atoms with Gasteiger partial charge in [0.15, 0.2) is 0 Å². The summed E-state index contributed by atoms with van der Waals surface area (Å²) in [5.41, 5.74) is 4.86. The van der Waals surface area contributed by atoms with Crippen molar-refractivity contribution in [2.45, 2.75) is 12.5 Å². The molecule has 1 aliphatic heterocycles. The first kappa shape index (κ1) is 23.0. The Balaban J connectivity index is 0.000000398. The van der Waals surface area contributed by atoms with Gasteiger partial charge in [-0.2, -0.15) is 10.4 Å². The molecule has 1 unspecified atom stereocenters. The summed E-state index contributed by atoms with van der Waals surface area (Å²) in [6.45, 7) is 2.33. The fourth-order valence-corrected chi connectivity index (χ4v) is 3.56. The van der Waals surface area contributed by atoms with Crippen LogP contribution >= 0.6 is 0 Å². The van der Waals surface area contributed by atoms with Crippen molar-refractivity contribution in [2.75, 3.05) is 25.0 Å². The second-order valence-electron chi connectivity index (χ2n) is 8.02. The minimum atomic E-state index is 0.0326. The zero-order valence-electron chi connectivity index (χ0n) is 19.2. The summed E-state index contributed by atoms with van der Waals surface area (Å²) >= 11 is 0. The van der Waals surface area contributed by atoms with Crippen molar-refractivity contribution in [3.8, 4) is 23.1 Å². The van der Waals surface area contributed by atoms with Crippen LogP contribution in [0.3, 0.4) is 0 Å². The van der Waals surface area contributed by atoms with E-state index >= 15 is 0 Å². The standard InChI is InChI=1S/C21H22N6O.C6H6/c1-27-14-18(11-26-27)17-8-20-21(25-10-17)28-19(13-24-20)12-23-7-6-15-2-4-16(9-22)5-3-15;1-2-4-6-5-3-1/h2-5,8,10-11,14,19,23-24H,6-7,12-13H2,1H3;1-6H. The SMILES string of the molecule is Cn1cc(-c2cnc3c(c2)NCC(CNCCc2ccc(C#N)cc2)O3)cn1.c1ccccc1. The van der Waals surface area contributed by atoms with Gasteiger partial charge in [-0.15, -0.1) is 0 Å². The lowest BCUT2D eigenvalue weighted by atomic mass is 10.1. The molecule has 0 aliphatic carbocycles. The van der Waals surface area contributed by atoms with Crippen molar-refractivity contribution in [1.29, 1.82) is 5.26 Å². The minimum Gasteiger partial charge on any atom is -0.470 e. The number of hydrogen-bond donors (Lipinski definition) is 2. The number of rotatable bonds is 6. The second-order valence-corrected chi connectivity index (χ2v) is 8.02. The third-order valence-electron chi connectivity index (χ3n) is 5.40. The van der Waals surface area contributed by atoms with Crippen LogP contribution in [0.5, 0.6) is 5.88 Å². The van der Waals surface area contributed by atoms with Crippen LogP contribution in [0, 0.1) is 11.3 Å². The van der Waals surface area contributed by atoms with Gasteiger partial charge in [-0.05, 0) is 36.7 Å². The van der Waals surface area contributed by atoms with Crippen molar-refractivity contribution in [2.24, 2.45) is 7.05 Å². The molecule has 0 radical (unpaired) electrons. The van der Waals surface area contributed by atoms with E-state index in [-0.39, 0.29) is 6.10 Å². The van der Waals surface area contributed by atoms with Gasteiger partial charge >= 0.3 is 0 Å². The van der Waals surface area contributed by atoms with Crippen molar-refractivity contribution in [1.82, 2.24) is 20.1 Å². The molecule has 1 atom stereocenters. The summed E-state index contributed by atoms with van der Waals surface area (Å²) < 4.78 is 7.79. The van der Waals surface area contributed by atoms with E-state index in [9.17, 15) is 0 Å². The van der Waals surface area contributed by atoms with E-state index in [1.165, 1.54) is 5.56 Å². The van der Waals surface area contributed by atoms with Crippen LogP contribution in [0.15, 0.2) is 85.3 Å². The van der Waals surface area contributed by atoms with Gasteiger partial charge in [0.2, 0.25) is 5.88 Å². The molecule has 7 heteroatoms. The number of aromatic nitrogens is 3. The molecule has 4 aromatic rings. The molecule has 172 valence electrons. The molecular weight excluding hydrogens is 424 g/mol. The Hall–Kier alpha value is -4.15. The van der Waals surface area contributed by atoms with Gasteiger partial charge in [-0.1, -0.05) is 48.5 Å². The minimum absolute atomic E-state index is 0.0326. The van der Waals surface area contributed by atoms with Crippen molar-refractivity contribution >= 4 is 5.69 Å². The van der Waals surface area contributed by atoms with Crippen molar-refractivity contribution in [3.05, 3.63) is 96.4 Å². The zero-order chi connectivity index (χ0) is 23.6. The fraction of sp³-hybridized carbons (Fsp3) is 0.222. The number of fused-ring (bicyclic) bond motifs is 1. The molecule has 3 heterocycles. The Morgan fingerprint density at radius 3 is 2.47 bits per heavy atom. The van der Waals surface area contributed by atoms with Crippen LogP contribution in [0.1, 0.15) is 11.1 Å². The molecular formula is C27H28N6O. The number of anilines is 1. The molecule has 5 rings (SSSR count). The highest BCUT2D eigenvalue weighted by Gasteiger charge is 2.20. The number of nitrogens with one attached hydrogen (secondary N) is 2. The summed E-state index contributed by atoms with van der Waals surface area (Å²) in [5, 5.41) is 19.9. The third-order valence-corrected chi connectivity index (χ3v) is 5.40. The largest absolute Gasteiger partial charge is 0.470 e. The molecule has 0 saturated heterocycles. The second kappa shape index (κ2) is 11.6. The molecule has 7 nitrogen and oxygen atoms in total. The normalized spacial score (nSPS) is 13.9. The molecule has 2 N–H and O–H groups in total. The van der Waals surface area contributed by atoms with Crippen LogP contribution in [-0.2, 0) is 13.5 Å². The van der Waals surface area contributed by atoms with Gasteiger partial charge in [0.1, 0.15) is 6.10 Å². The van der Waals surface area contributed by atoms with E-state index < -0.39 is 0 Å². The lowest BCUT2D eigenvalue weighted by Crippen LogP contribution is -2.40. The number of pyridine rings is 1. The molecule has 0 spiro atoms. The highest BCUT2D eigenvalue weighted by atomic mass is 16.5. The van der Waals surface area contributed by atoms with E-state index in [1.807, 2.05) is 92.4 Å². The molecule has 0 saturated carbocycles. The summed E-state index contributed by atoms with van der Waals surface area (Å²) in [5.74, 6) is 0.637. The van der Waals surface area contributed by atoms with Crippen LogP contribution in [-0.4, -0.2) is 40.5 Å². The van der Waals surface area contributed by atoms with Crippen LogP contribution < -0.4 is 15.4 Å². The number of nitrogens with zero attached hydrogens (tertiary/aromatic N) is 4. The third kappa shape index (κ3) is 6.44. The Kier molecular flexibility index (Phi) is 7.88. The van der Waals surface area contributed by atoms with Gasteiger partial charge in [0.25, 0.3) is 0 Å². The van der Waals surface area contributed by atoms with E-state index in [0.717, 1.165) is 42.9 Å². The van der Waals surface area contributed by atoms with E-state index in [1.54, 1.807) is 4.68 Å². The smallest absolute Gasteiger partial charge is 0.237 e. The van der Waals surface area contributed by atoms with Crippen LogP contribution in [0.25, 0.3) is 11.1 Å². The Morgan fingerprint density at radius 2 is 1.82 bits per heavy atom. The summed E-state index contributed by atoms with van der Waals surface area (Å²) in [7, 11) is 1.90. The van der Waals surface area contributed by atoms with Crippen molar-refractivity contribution < 1.29 is 4.74 Å². The molecule has 2 aromatic heterocycles. The number of aryl methyl sites for hydroxylation is 1. The van der Waals surface area contributed by atoms with Crippen LogP contribution in [0.4, 0.5) is 5.69 Å². The molecule has 0 fully saturated rings. The number of hydrogen-bond acceptors (Lipinski definition) is 6. The molecule has 0 bridgehead atoms. The molecule has 2 aromatic carbocycles. The van der Waals surface area contributed by atoms with Crippen molar-refractivity contribution in [3.63, 3.8) is 0 Å². The first-order valence-corrected chi connectivity index (χ1v) is 11.3. The van der Waals surface area contributed by atoms with E-state index in [0.29, 0.717) is 11.4 Å². The Labute approximate surface area is 200 Å². The molecule has 0 amide bonds. The summed E-state index contributed by atoms with van der Waals surface area (Å²) in [6, 6.07) is 23.9. The predicted molar refractivity (Wildman–Crippen MR) is 134 cm³/mol. The maximum atomic E-state index is 8.84. The maximum Gasteiger partial charge on any atom is 0.237 e.